The van der Waals surface area contributed by atoms with Gasteiger partial charge >= 0.3 is 0 Å². The highest BCUT2D eigenvalue weighted by Gasteiger charge is 2.33. The first kappa shape index (κ1) is 24.2. The lowest BCUT2D eigenvalue weighted by Gasteiger charge is -2.40. The van der Waals surface area contributed by atoms with E-state index in [9.17, 15) is 9.18 Å². The Balaban J connectivity index is 1.30. The lowest BCUT2D eigenvalue weighted by Crippen LogP contribution is -2.47. The quantitative estimate of drug-likeness (QED) is 0.328. The number of benzene rings is 2. The van der Waals surface area contributed by atoms with Crippen molar-refractivity contribution in [2.45, 2.75) is 38.8 Å². The minimum Gasteiger partial charge on any atom is -0.469 e. The molecule has 1 atom stereocenters. The normalized spacial score (nSPS) is 15.8. The van der Waals surface area contributed by atoms with Gasteiger partial charge in [0.05, 0.1) is 17.3 Å². The maximum Gasteiger partial charge on any atom is 0.257 e. The molecule has 0 N–H and O–H groups in total. The zero-order chi connectivity index (χ0) is 25.1. The van der Waals surface area contributed by atoms with Gasteiger partial charge in [-0.05, 0) is 86.7 Å². The molecule has 3 heterocycles. The Morgan fingerprint density at radius 3 is 2.69 bits per heavy atom. The van der Waals surface area contributed by atoms with Crippen LogP contribution in [-0.4, -0.2) is 46.9 Å². The van der Waals surface area contributed by atoms with Crippen molar-refractivity contribution in [3.63, 3.8) is 0 Å². The first-order valence-electron chi connectivity index (χ1n) is 12.6. The van der Waals surface area contributed by atoms with E-state index in [2.05, 4.69) is 34.1 Å². The molecule has 1 saturated heterocycles. The number of aryl methyl sites for hydroxylation is 1. The lowest BCUT2D eigenvalue weighted by molar-refractivity contribution is 0.0582. The maximum absolute atomic E-state index is 14.6. The molecule has 36 heavy (non-hydrogen) atoms. The smallest absolute Gasteiger partial charge is 0.257 e. The summed E-state index contributed by atoms with van der Waals surface area (Å²) in [5.41, 5.74) is 3.51. The minimum atomic E-state index is -0.217. The van der Waals surface area contributed by atoms with Crippen molar-refractivity contribution >= 4 is 16.8 Å². The monoisotopic (exact) mass is 485 g/mol. The summed E-state index contributed by atoms with van der Waals surface area (Å²) in [5.74, 6) is 0.598. The first-order chi connectivity index (χ1) is 17.5. The van der Waals surface area contributed by atoms with Gasteiger partial charge in [0.2, 0.25) is 0 Å². The van der Waals surface area contributed by atoms with Gasteiger partial charge in [0.1, 0.15) is 11.6 Å². The largest absolute Gasteiger partial charge is 0.469 e. The van der Waals surface area contributed by atoms with Crippen molar-refractivity contribution in [2.75, 3.05) is 20.1 Å². The van der Waals surface area contributed by atoms with Crippen LogP contribution in [0.1, 0.15) is 40.1 Å². The summed E-state index contributed by atoms with van der Waals surface area (Å²) in [5, 5.41) is 1.16. The molecule has 5 rings (SSSR count). The van der Waals surface area contributed by atoms with Crippen LogP contribution in [0.3, 0.4) is 0 Å². The van der Waals surface area contributed by atoms with E-state index in [1.807, 2.05) is 31.4 Å². The van der Waals surface area contributed by atoms with Crippen molar-refractivity contribution in [1.82, 2.24) is 14.8 Å². The predicted molar refractivity (Wildman–Crippen MR) is 139 cm³/mol. The summed E-state index contributed by atoms with van der Waals surface area (Å²) in [4.78, 5) is 22.0. The van der Waals surface area contributed by atoms with Crippen LogP contribution < -0.4 is 0 Å². The number of pyridine rings is 1. The van der Waals surface area contributed by atoms with Gasteiger partial charge < -0.3 is 9.32 Å². The van der Waals surface area contributed by atoms with E-state index in [1.165, 1.54) is 11.6 Å². The third-order valence-electron chi connectivity index (χ3n) is 7.54. The highest BCUT2D eigenvalue weighted by Crippen LogP contribution is 2.29. The Labute approximate surface area is 211 Å². The van der Waals surface area contributed by atoms with Crippen LogP contribution >= 0.6 is 0 Å². The van der Waals surface area contributed by atoms with E-state index in [4.69, 9.17) is 4.42 Å². The number of likely N-dealkylation sites (tertiary alicyclic amines) is 1. The van der Waals surface area contributed by atoms with Crippen molar-refractivity contribution in [3.05, 3.63) is 101 Å². The molecule has 2 aromatic heterocycles. The fourth-order valence-corrected chi connectivity index (χ4v) is 5.43. The number of likely N-dealkylation sites (N-methyl/N-ethyl adjacent to an activating group) is 1. The zero-order valence-corrected chi connectivity index (χ0v) is 20.9. The molecule has 1 aliphatic rings. The predicted octanol–water partition coefficient (Wildman–Crippen LogP) is 5.87. The number of carbonyl (C=O) groups is 1. The van der Waals surface area contributed by atoms with Crippen molar-refractivity contribution < 1.29 is 13.6 Å². The Kier molecular flexibility index (Phi) is 7.14. The second-order valence-corrected chi connectivity index (χ2v) is 9.81. The Hall–Kier alpha value is -3.51. The Morgan fingerprint density at radius 2 is 1.94 bits per heavy atom. The Morgan fingerprint density at radius 1 is 1.14 bits per heavy atom. The third-order valence-corrected chi connectivity index (χ3v) is 7.54. The van der Waals surface area contributed by atoms with Gasteiger partial charge in [-0.2, -0.15) is 0 Å². The first-order valence-corrected chi connectivity index (χ1v) is 12.6. The summed E-state index contributed by atoms with van der Waals surface area (Å²) >= 11 is 0. The molecule has 0 bridgehead atoms. The number of piperidine rings is 1. The number of amides is 1. The molecule has 6 heteroatoms. The molecule has 0 aliphatic carbocycles. The van der Waals surface area contributed by atoms with Gasteiger partial charge in [-0.1, -0.05) is 30.3 Å². The molecule has 186 valence electrons. The number of carbonyl (C=O) groups excluding carboxylic acids is 1. The maximum atomic E-state index is 14.6. The number of halogens is 1. The molecule has 0 radical (unpaired) electrons. The number of fused-ring (bicyclic) bond motifs is 1. The van der Waals surface area contributed by atoms with Gasteiger partial charge in [-0.3, -0.25) is 14.7 Å². The second kappa shape index (κ2) is 10.6. The molecule has 1 fully saturated rings. The number of aromatic nitrogens is 1. The molecule has 4 aromatic rings. The van der Waals surface area contributed by atoms with Crippen molar-refractivity contribution in [3.8, 4) is 0 Å². The second-order valence-electron chi connectivity index (χ2n) is 9.81. The van der Waals surface area contributed by atoms with Crippen LogP contribution in [0.5, 0.6) is 0 Å². The van der Waals surface area contributed by atoms with Gasteiger partial charge in [0, 0.05) is 31.2 Å². The molecule has 1 amide bonds. The van der Waals surface area contributed by atoms with E-state index in [1.54, 1.807) is 30.2 Å². The summed E-state index contributed by atoms with van der Waals surface area (Å²) in [6.07, 6.45) is 5.77. The summed E-state index contributed by atoms with van der Waals surface area (Å²) in [7, 11) is 1.84. The van der Waals surface area contributed by atoms with Crippen LogP contribution in [-0.2, 0) is 13.0 Å². The summed E-state index contributed by atoms with van der Waals surface area (Å²) in [6.45, 7) is 4.57. The number of nitrogens with zero attached hydrogens (tertiary/aromatic N) is 3. The molecule has 0 saturated carbocycles. The number of hydrogen-bond donors (Lipinski definition) is 0. The molecule has 5 nitrogen and oxygen atoms in total. The van der Waals surface area contributed by atoms with Crippen molar-refractivity contribution in [2.24, 2.45) is 5.92 Å². The standard InChI is InChI=1S/C30H32FN3O2/c1-21-26(13-17-36-21)30(35)33(2)29(19-24-6-3-4-8-27(24)31)23-11-15-34(16-12-23)20-22-9-10-28-25(18-22)7-5-14-32-28/h3-10,13-14,17-18,23,29H,11-12,15-16,19-20H2,1-2H3/t29-/m0/s1. The highest BCUT2D eigenvalue weighted by atomic mass is 19.1. The van der Waals surface area contributed by atoms with Gasteiger partial charge in [-0.15, -0.1) is 0 Å². The third kappa shape index (κ3) is 5.19. The SMILES string of the molecule is Cc1occc1C(=O)N(C)[C@@H](Cc1ccccc1F)C1CCN(Cc2ccc3ncccc3c2)CC1. The molecule has 2 aromatic carbocycles. The Bertz CT molecular complexity index is 1340. The summed E-state index contributed by atoms with van der Waals surface area (Å²) < 4.78 is 20.0. The van der Waals surface area contributed by atoms with E-state index >= 15 is 0 Å². The van der Waals surface area contributed by atoms with E-state index in [-0.39, 0.29) is 23.7 Å². The van der Waals surface area contributed by atoms with E-state index in [0.29, 0.717) is 23.3 Å². The average Bonchev–Trinajstić information content (AvgIpc) is 3.33. The molecule has 0 spiro atoms. The van der Waals surface area contributed by atoms with Crippen LogP contribution in [0.2, 0.25) is 0 Å². The molecule has 1 aliphatic heterocycles. The lowest BCUT2D eigenvalue weighted by atomic mass is 9.84. The highest BCUT2D eigenvalue weighted by molar-refractivity contribution is 5.95. The molecular weight excluding hydrogens is 453 g/mol. The fourth-order valence-electron chi connectivity index (χ4n) is 5.43. The fraction of sp³-hybridized carbons (Fsp3) is 0.333. The summed E-state index contributed by atoms with van der Waals surface area (Å²) in [6, 6.07) is 19.0. The zero-order valence-electron chi connectivity index (χ0n) is 20.9. The van der Waals surface area contributed by atoms with Gasteiger partial charge in [-0.25, -0.2) is 4.39 Å². The van der Waals surface area contributed by atoms with E-state index < -0.39 is 0 Å². The van der Waals surface area contributed by atoms with Gasteiger partial charge in [0.25, 0.3) is 5.91 Å². The minimum absolute atomic E-state index is 0.0743. The van der Waals surface area contributed by atoms with E-state index in [0.717, 1.165) is 43.4 Å². The van der Waals surface area contributed by atoms with Crippen LogP contribution in [0.15, 0.2) is 77.5 Å². The van der Waals surface area contributed by atoms with Crippen LogP contribution in [0.25, 0.3) is 10.9 Å². The van der Waals surface area contributed by atoms with Gasteiger partial charge in [0.15, 0.2) is 0 Å². The number of furan rings is 1. The molecule has 0 unspecified atom stereocenters. The average molecular weight is 486 g/mol. The number of hydrogen-bond acceptors (Lipinski definition) is 4. The van der Waals surface area contributed by atoms with Crippen LogP contribution in [0.4, 0.5) is 4.39 Å². The topological polar surface area (TPSA) is 49.6 Å². The van der Waals surface area contributed by atoms with Crippen molar-refractivity contribution in [1.29, 1.82) is 0 Å². The number of rotatable bonds is 7. The van der Waals surface area contributed by atoms with Crippen LogP contribution in [0, 0.1) is 18.7 Å². The molecular formula is C30H32FN3O2.